The van der Waals surface area contributed by atoms with Crippen LogP contribution < -0.4 is 5.73 Å². The fourth-order valence-electron chi connectivity index (χ4n) is 1.46. The molecule has 2 N–H and O–H groups in total. The number of rotatable bonds is 4. The highest BCUT2D eigenvalue weighted by molar-refractivity contribution is 7.09. The molecule has 0 fully saturated rings. The molecule has 0 bridgehead atoms. The van der Waals surface area contributed by atoms with Crippen LogP contribution in [0.1, 0.15) is 24.1 Å². The summed E-state index contributed by atoms with van der Waals surface area (Å²) >= 11 is 1.65. The lowest BCUT2D eigenvalue weighted by Crippen LogP contribution is -2.21. The molecular formula is C12H16N2OS. The Morgan fingerprint density at radius 1 is 1.50 bits per heavy atom. The third-order valence-corrected chi connectivity index (χ3v) is 3.38. The number of nitrogens with two attached hydrogens (primary N) is 1. The van der Waals surface area contributed by atoms with Crippen LogP contribution in [0.25, 0.3) is 11.5 Å². The van der Waals surface area contributed by atoms with Gasteiger partial charge in [0.1, 0.15) is 11.5 Å². The Bertz CT molecular complexity index is 461. The van der Waals surface area contributed by atoms with Gasteiger partial charge in [0.25, 0.3) is 0 Å². The van der Waals surface area contributed by atoms with Gasteiger partial charge in [0, 0.05) is 17.8 Å². The predicted octanol–water partition coefficient (Wildman–Crippen LogP) is 2.99. The van der Waals surface area contributed by atoms with Crippen molar-refractivity contribution in [1.82, 2.24) is 4.98 Å². The van der Waals surface area contributed by atoms with Crippen LogP contribution >= 0.6 is 11.3 Å². The Kier molecular flexibility index (Phi) is 3.41. The molecule has 0 aliphatic heterocycles. The normalized spacial score (nSPS) is 12.9. The van der Waals surface area contributed by atoms with Gasteiger partial charge in [-0.2, -0.15) is 0 Å². The first kappa shape index (κ1) is 11.4. The second-order valence-electron chi connectivity index (χ2n) is 3.91. The molecule has 0 saturated carbocycles. The summed E-state index contributed by atoms with van der Waals surface area (Å²) in [5.41, 5.74) is 6.81. The van der Waals surface area contributed by atoms with E-state index in [-0.39, 0.29) is 6.04 Å². The van der Waals surface area contributed by atoms with Gasteiger partial charge in [-0.05, 0) is 25.5 Å². The fraction of sp³-hybridized carbons (Fsp3) is 0.417. The molecule has 2 aromatic rings. The minimum atomic E-state index is 0.206. The fourth-order valence-corrected chi connectivity index (χ4v) is 2.34. The first-order chi connectivity index (χ1) is 7.69. The van der Waals surface area contributed by atoms with E-state index in [0.717, 1.165) is 35.1 Å². The molecule has 0 spiro atoms. The first-order valence-electron chi connectivity index (χ1n) is 5.46. The molecule has 0 saturated heterocycles. The number of hydrogen-bond acceptors (Lipinski definition) is 4. The zero-order valence-corrected chi connectivity index (χ0v) is 10.4. The van der Waals surface area contributed by atoms with Gasteiger partial charge in [0.2, 0.25) is 0 Å². The lowest BCUT2D eigenvalue weighted by molar-refractivity contribution is 0.546. The molecule has 2 rings (SSSR count). The summed E-state index contributed by atoms with van der Waals surface area (Å²) < 4.78 is 5.53. The van der Waals surface area contributed by atoms with E-state index in [0.29, 0.717) is 0 Å². The molecule has 0 aromatic carbocycles. The molecule has 3 nitrogen and oxygen atoms in total. The molecule has 86 valence electrons. The highest BCUT2D eigenvalue weighted by Gasteiger charge is 2.09. The van der Waals surface area contributed by atoms with Crippen molar-refractivity contribution < 1.29 is 4.42 Å². The van der Waals surface area contributed by atoms with E-state index in [9.17, 15) is 0 Å². The molecule has 0 aliphatic carbocycles. The average molecular weight is 236 g/mol. The van der Waals surface area contributed by atoms with E-state index in [1.807, 2.05) is 24.4 Å². The van der Waals surface area contributed by atoms with Gasteiger partial charge < -0.3 is 10.2 Å². The first-order valence-corrected chi connectivity index (χ1v) is 6.33. The smallest absolute Gasteiger partial charge is 0.153 e. The standard InChI is InChI=1S/C12H16N2OS/c1-3-9(13)6-12-14-10(7-16-12)11-5-4-8(2)15-11/h4-5,7,9H,3,6,13H2,1-2H3. The molecule has 0 radical (unpaired) electrons. The summed E-state index contributed by atoms with van der Waals surface area (Å²) in [6.45, 7) is 4.03. The summed E-state index contributed by atoms with van der Waals surface area (Å²) in [6.07, 6.45) is 1.83. The van der Waals surface area contributed by atoms with Crippen molar-refractivity contribution >= 4 is 11.3 Å². The Balaban J connectivity index is 2.13. The maximum absolute atomic E-state index is 5.90. The Hall–Kier alpha value is -1.13. The van der Waals surface area contributed by atoms with E-state index in [4.69, 9.17) is 10.2 Å². The number of nitrogens with zero attached hydrogens (tertiary/aromatic N) is 1. The van der Waals surface area contributed by atoms with Gasteiger partial charge >= 0.3 is 0 Å². The molecule has 0 amide bonds. The number of hydrogen-bond donors (Lipinski definition) is 1. The minimum absolute atomic E-state index is 0.206. The minimum Gasteiger partial charge on any atom is -0.460 e. The quantitative estimate of drug-likeness (QED) is 0.887. The van der Waals surface area contributed by atoms with E-state index < -0.39 is 0 Å². The van der Waals surface area contributed by atoms with Gasteiger partial charge in [-0.3, -0.25) is 0 Å². The summed E-state index contributed by atoms with van der Waals surface area (Å²) in [5.74, 6) is 1.75. The van der Waals surface area contributed by atoms with E-state index in [2.05, 4.69) is 11.9 Å². The summed E-state index contributed by atoms with van der Waals surface area (Å²) in [7, 11) is 0. The van der Waals surface area contributed by atoms with Gasteiger partial charge in [0.05, 0.1) is 5.01 Å². The van der Waals surface area contributed by atoms with Gasteiger partial charge in [-0.25, -0.2) is 4.98 Å². The van der Waals surface area contributed by atoms with Crippen molar-refractivity contribution in [2.45, 2.75) is 32.7 Å². The summed E-state index contributed by atoms with van der Waals surface area (Å²) in [4.78, 5) is 4.53. The summed E-state index contributed by atoms with van der Waals surface area (Å²) in [5, 5.41) is 3.11. The third-order valence-electron chi connectivity index (χ3n) is 2.51. The van der Waals surface area contributed by atoms with Gasteiger partial charge in [-0.15, -0.1) is 11.3 Å². The Labute approximate surface area is 99.3 Å². The number of aryl methyl sites for hydroxylation is 1. The molecule has 16 heavy (non-hydrogen) atoms. The second-order valence-corrected chi connectivity index (χ2v) is 4.85. The Morgan fingerprint density at radius 3 is 2.94 bits per heavy atom. The molecule has 4 heteroatoms. The zero-order chi connectivity index (χ0) is 11.5. The van der Waals surface area contributed by atoms with Crippen molar-refractivity contribution in [2.24, 2.45) is 5.73 Å². The second kappa shape index (κ2) is 4.80. The highest BCUT2D eigenvalue weighted by Crippen LogP contribution is 2.24. The SMILES string of the molecule is CCC(N)Cc1nc(-c2ccc(C)o2)cs1. The monoisotopic (exact) mass is 236 g/mol. The highest BCUT2D eigenvalue weighted by atomic mass is 32.1. The molecular weight excluding hydrogens is 220 g/mol. The van der Waals surface area contributed by atoms with Crippen molar-refractivity contribution in [3.63, 3.8) is 0 Å². The van der Waals surface area contributed by atoms with Crippen LogP contribution in [0.15, 0.2) is 21.9 Å². The average Bonchev–Trinajstić information content (AvgIpc) is 2.87. The van der Waals surface area contributed by atoms with Crippen LogP contribution in [0, 0.1) is 6.92 Å². The summed E-state index contributed by atoms with van der Waals surface area (Å²) in [6, 6.07) is 4.11. The number of furan rings is 1. The molecule has 1 atom stereocenters. The number of thiazole rings is 1. The lowest BCUT2D eigenvalue weighted by Gasteiger charge is -2.04. The Morgan fingerprint density at radius 2 is 2.31 bits per heavy atom. The van der Waals surface area contributed by atoms with E-state index >= 15 is 0 Å². The van der Waals surface area contributed by atoms with Crippen LogP contribution in [-0.2, 0) is 6.42 Å². The third kappa shape index (κ3) is 2.51. The van der Waals surface area contributed by atoms with Gasteiger partial charge in [0.15, 0.2) is 5.76 Å². The predicted molar refractivity (Wildman–Crippen MR) is 66.5 cm³/mol. The van der Waals surface area contributed by atoms with Gasteiger partial charge in [-0.1, -0.05) is 6.92 Å². The van der Waals surface area contributed by atoms with Crippen molar-refractivity contribution in [2.75, 3.05) is 0 Å². The van der Waals surface area contributed by atoms with Crippen LogP contribution in [0.4, 0.5) is 0 Å². The van der Waals surface area contributed by atoms with E-state index in [1.165, 1.54) is 0 Å². The maximum Gasteiger partial charge on any atom is 0.153 e. The topological polar surface area (TPSA) is 52.0 Å². The lowest BCUT2D eigenvalue weighted by atomic mass is 10.2. The largest absolute Gasteiger partial charge is 0.460 e. The maximum atomic E-state index is 5.90. The molecule has 1 unspecified atom stereocenters. The number of aromatic nitrogens is 1. The zero-order valence-electron chi connectivity index (χ0n) is 9.56. The van der Waals surface area contributed by atoms with Crippen LogP contribution in [0.5, 0.6) is 0 Å². The molecule has 2 aromatic heterocycles. The van der Waals surface area contributed by atoms with Crippen molar-refractivity contribution in [1.29, 1.82) is 0 Å². The van der Waals surface area contributed by atoms with Crippen LogP contribution in [0.2, 0.25) is 0 Å². The van der Waals surface area contributed by atoms with E-state index in [1.54, 1.807) is 11.3 Å². The van der Waals surface area contributed by atoms with Crippen LogP contribution in [-0.4, -0.2) is 11.0 Å². The van der Waals surface area contributed by atoms with Crippen molar-refractivity contribution in [3.05, 3.63) is 28.3 Å². The molecule has 0 aliphatic rings. The molecule has 2 heterocycles. The van der Waals surface area contributed by atoms with Crippen LogP contribution in [0.3, 0.4) is 0 Å². The van der Waals surface area contributed by atoms with Crippen molar-refractivity contribution in [3.8, 4) is 11.5 Å².